The Balaban J connectivity index is 2.16. The van der Waals surface area contributed by atoms with Gasteiger partial charge in [-0.3, -0.25) is 4.79 Å². The summed E-state index contributed by atoms with van der Waals surface area (Å²) in [4.78, 5) is 16.1. The van der Waals surface area contributed by atoms with Gasteiger partial charge in [0.15, 0.2) is 5.58 Å². The highest BCUT2D eigenvalue weighted by molar-refractivity contribution is 8.00. The van der Waals surface area contributed by atoms with Gasteiger partial charge in [-0.2, -0.15) is 0 Å². The molecular weight excluding hydrogens is 298 g/mol. The third-order valence-electron chi connectivity index (χ3n) is 2.86. The Kier molecular flexibility index (Phi) is 5.31. The number of nitrogens with zero attached hydrogens (tertiary/aromatic N) is 1. The molecule has 0 radical (unpaired) electrons. The Labute approximate surface area is 126 Å². The molecule has 0 aliphatic rings. The van der Waals surface area contributed by atoms with Crippen molar-refractivity contribution < 1.29 is 13.9 Å². The maximum atomic E-state index is 11.8. The minimum atomic E-state index is -0.288. The van der Waals surface area contributed by atoms with Crippen molar-refractivity contribution in [2.24, 2.45) is 0 Å². The first-order valence-electron chi connectivity index (χ1n) is 6.44. The molecule has 1 heterocycles. The standard InChI is InChI=1S/C14H16ClNO3S/c1-3-4-5-12(13(17)18-2)20-14-16-10-8-9(15)6-7-11(10)19-14/h6-8,12H,3-5H2,1-2H3. The molecule has 0 saturated carbocycles. The van der Waals surface area contributed by atoms with Crippen LogP contribution in [0.4, 0.5) is 0 Å². The van der Waals surface area contributed by atoms with Crippen molar-refractivity contribution >= 4 is 40.4 Å². The zero-order valence-corrected chi connectivity index (χ0v) is 13.0. The van der Waals surface area contributed by atoms with Gasteiger partial charge in [0, 0.05) is 5.02 Å². The maximum Gasteiger partial charge on any atom is 0.319 e. The lowest BCUT2D eigenvalue weighted by Gasteiger charge is -2.10. The van der Waals surface area contributed by atoms with Crippen LogP contribution in [-0.4, -0.2) is 23.3 Å². The predicted molar refractivity (Wildman–Crippen MR) is 80.2 cm³/mol. The first-order chi connectivity index (χ1) is 9.63. The quantitative estimate of drug-likeness (QED) is 0.587. The van der Waals surface area contributed by atoms with Gasteiger partial charge in [-0.1, -0.05) is 43.1 Å². The number of oxazole rings is 1. The molecule has 1 aromatic carbocycles. The maximum absolute atomic E-state index is 11.8. The largest absolute Gasteiger partial charge is 0.468 e. The van der Waals surface area contributed by atoms with E-state index in [4.69, 9.17) is 20.8 Å². The molecule has 0 fully saturated rings. The van der Waals surface area contributed by atoms with Crippen molar-refractivity contribution in [3.63, 3.8) is 0 Å². The summed E-state index contributed by atoms with van der Waals surface area (Å²) in [7, 11) is 1.40. The van der Waals surface area contributed by atoms with Crippen molar-refractivity contribution in [1.82, 2.24) is 4.98 Å². The molecular formula is C14H16ClNO3S. The van der Waals surface area contributed by atoms with E-state index in [1.165, 1.54) is 18.9 Å². The molecule has 0 aliphatic carbocycles. The van der Waals surface area contributed by atoms with E-state index in [9.17, 15) is 4.79 Å². The molecule has 4 nitrogen and oxygen atoms in total. The van der Waals surface area contributed by atoms with Crippen LogP contribution in [-0.2, 0) is 9.53 Å². The second-order valence-electron chi connectivity index (χ2n) is 4.36. The molecule has 1 aromatic heterocycles. The number of thioether (sulfide) groups is 1. The Morgan fingerprint density at radius 3 is 3.05 bits per heavy atom. The number of unbranched alkanes of at least 4 members (excludes halogenated alkanes) is 1. The van der Waals surface area contributed by atoms with Crippen molar-refractivity contribution in [2.75, 3.05) is 7.11 Å². The van der Waals surface area contributed by atoms with E-state index in [1.54, 1.807) is 18.2 Å². The van der Waals surface area contributed by atoms with Crippen molar-refractivity contribution in [3.05, 3.63) is 23.2 Å². The van der Waals surface area contributed by atoms with Crippen LogP contribution in [0.25, 0.3) is 11.1 Å². The summed E-state index contributed by atoms with van der Waals surface area (Å²) in [6.07, 6.45) is 2.73. The molecule has 6 heteroatoms. The van der Waals surface area contributed by atoms with E-state index < -0.39 is 0 Å². The number of aromatic nitrogens is 1. The number of hydrogen-bond acceptors (Lipinski definition) is 5. The van der Waals surface area contributed by atoms with Gasteiger partial charge in [-0.25, -0.2) is 4.98 Å². The molecule has 108 valence electrons. The van der Waals surface area contributed by atoms with Gasteiger partial charge in [-0.05, 0) is 24.6 Å². The minimum absolute atomic E-state index is 0.247. The summed E-state index contributed by atoms with van der Waals surface area (Å²) in [6, 6.07) is 5.26. The first kappa shape index (κ1) is 15.2. The lowest BCUT2D eigenvalue weighted by atomic mass is 10.2. The van der Waals surface area contributed by atoms with Gasteiger partial charge in [0.1, 0.15) is 10.8 Å². The van der Waals surface area contributed by atoms with Gasteiger partial charge in [0.05, 0.1) is 7.11 Å². The zero-order valence-electron chi connectivity index (χ0n) is 11.4. The highest BCUT2D eigenvalue weighted by Crippen LogP contribution is 2.30. The van der Waals surface area contributed by atoms with Gasteiger partial charge in [0.2, 0.25) is 0 Å². The molecule has 2 rings (SSSR count). The number of halogens is 1. The average Bonchev–Trinajstić information content (AvgIpc) is 2.84. The number of benzene rings is 1. The van der Waals surface area contributed by atoms with Crippen molar-refractivity contribution in [1.29, 1.82) is 0 Å². The van der Waals surface area contributed by atoms with E-state index in [-0.39, 0.29) is 11.2 Å². The second-order valence-corrected chi connectivity index (χ2v) is 5.95. The smallest absolute Gasteiger partial charge is 0.319 e. The Hall–Kier alpha value is -1.20. The summed E-state index contributed by atoms with van der Waals surface area (Å²) in [5.74, 6) is -0.247. The SMILES string of the molecule is CCCCC(Sc1nc2cc(Cl)ccc2o1)C(=O)OC. The zero-order chi connectivity index (χ0) is 14.5. The van der Waals surface area contributed by atoms with Crippen LogP contribution in [0.2, 0.25) is 5.02 Å². The number of rotatable bonds is 6. The molecule has 0 amide bonds. The third-order valence-corrected chi connectivity index (χ3v) is 4.18. The summed E-state index contributed by atoms with van der Waals surface area (Å²) < 4.78 is 10.4. The van der Waals surface area contributed by atoms with Gasteiger partial charge < -0.3 is 9.15 Å². The third kappa shape index (κ3) is 3.67. The number of hydrogen-bond donors (Lipinski definition) is 0. The summed E-state index contributed by atoms with van der Waals surface area (Å²) in [5, 5.41) is 0.787. The fourth-order valence-electron chi connectivity index (χ4n) is 1.80. The first-order valence-corrected chi connectivity index (χ1v) is 7.70. The van der Waals surface area contributed by atoms with Gasteiger partial charge in [0.25, 0.3) is 5.22 Å². The molecule has 0 spiro atoms. The highest BCUT2D eigenvalue weighted by atomic mass is 35.5. The molecule has 2 aromatic rings. The number of fused-ring (bicyclic) bond motifs is 1. The fourth-order valence-corrected chi connectivity index (χ4v) is 2.97. The molecule has 0 bridgehead atoms. The van der Waals surface area contributed by atoms with E-state index in [2.05, 4.69) is 11.9 Å². The summed E-state index contributed by atoms with van der Waals surface area (Å²) in [6.45, 7) is 2.08. The second kappa shape index (κ2) is 6.99. The number of esters is 1. The van der Waals surface area contributed by atoms with Gasteiger partial charge >= 0.3 is 5.97 Å². The Bertz CT molecular complexity index is 599. The lowest BCUT2D eigenvalue weighted by molar-refractivity contribution is -0.140. The molecule has 0 aliphatic heterocycles. The van der Waals surface area contributed by atoms with Crippen molar-refractivity contribution in [2.45, 2.75) is 36.7 Å². The van der Waals surface area contributed by atoms with Crippen LogP contribution in [0.5, 0.6) is 0 Å². The molecule has 0 saturated heterocycles. The predicted octanol–water partition coefficient (Wildman–Crippen LogP) is 4.31. The van der Waals surface area contributed by atoms with Crippen LogP contribution in [0.3, 0.4) is 0 Å². The van der Waals surface area contributed by atoms with Crippen molar-refractivity contribution in [3.8, 4) is 0 Å². The monoisotopic (exact) mass is 313 g/mol. The van der Waals surface area contributed by atoms with Crippen LogP contribution >= 0.6 is 23.4 Å². The van der Waals surface area contributed by atoms with E-state index in [1.807, 2.05) is 0 Å². The van der Waals surface area contributed by atoms with Crippen LogP contribution < -0.4 is 0 Å². The van der Waals surface area contributed by atoms with Crippen LogP contribution in [0, 0.1) is 0 Å². The summed E-state index contributed by atoms with van der Waals surface area (Å²) in [5.41, 5.74) is 1.36. The summed E-state index contributed by atoms with van der Waals surface area (Å²) >= 11 is 7.21. The highest BCUT2D eigenvalue weighted by Gasteiger charge is 2.22. The van der Waals surface area contributed by atoms with Crippen LogP contribution in [0.1, 0.15) is 26.2 Å². The fraction of sp³-hybridized carbons (Fsp3) is 0.429. The number of carbonyl (C=O) groups excluding carboxylic acids is 1. The molecule has 20 heavy (non-hydrogen) atoms. The molecule has 1 atom stereocenters. The number of methoxy groups -OCH3 is 1. The normalized spacial score (nSPS) is 12.6. The topological polar surface area (TPSA) is 52.3 Å². The lowest BCUT2D eigenvalue weighted by Crippen LogP contribution is -2.18. The molecule has 0 N–H and O–H groups in total. The van der Waals surface area contributed by atoms with E-state index in [0.717, 1.165) is 19.3 Å². The van der Waals surface area contributed by atoms with E-state index in [0.29, 0.717) is 21.3 Å². The Morgan fingerprint density at radius 1 is 1.55 bits per heavy atom. The van der Waals surface area contributed by atoms with E-state index >= 15 is 0 Å². The minimum Gasteiger partial charge on any atom is -0.468 e. The number of carbonyl (C=O) groups is 1. The van der Waals surface area contributed by atoms with Crippen LogP contribution in [0.15, 0.2) is 27.8 Å². The number of ether oxygens (including phenoxy) is 1. The average molecular weight is 314 g/mol. The molecule has 1 unspecified atom stereocenters. The Morgan fingerprint density at radius 2 is 2.35 bits per heavy atom. The van der Waals surface area contributed by atoms with Gasteiger partial charge in [-0.15, -0.1) is 0 Å².